The Morgan fingerprint density at radius 3 is 2.56 bits per heavy atom. The molecule has 0 bridgehead atoms. The van der Waals surface area contributed by atoms with Crippen LogP contribution in [-0.2, 0) is 4.74 Å². The first-order chi connectivity index (χ1) is 8.49. The molecule has 0 aromatic heterocycles. The Hall–Kier alpha value is -1.78. The second kappa shape index (κ2) is 6.23. The summed E-state index contributed by atoms with van der Waals surface area (Å²) >= 11 is 0. The molecule has 1 rings (SSSR count). The zero-order valence-corrected chi connectivity index (χ0v) is 11.0. The molecule has 0 aliphatic heterocycles. The smallest absolute Gasteiger partial charge is 0.493 e. The van der Waals surface area contributed by atoms with Crippen LogP contribution in [0.4, 0.5) is 9.18 Å². The number of hydrogen-bond donors (Lipinski definition) is 0. The third kappa shape index (κ3) is 3.35. The largest absolute Gasteiger partial charge is 0.514 e. The van der Waals surface area contributed by atoms with Crippen LogP contribution in [0.2, 0.25) is 0 Å². The quantitative estimate of drug-likeness (QED) is 0.611. The summed E-state index contributed by atoms with van der Waals surface area (Å²) in [6.45, 7) is 5.66. The molecule has 0 saturated heterocycles. The van der Waals surface area contributed by atoms with E-state index in [1.165, 1.54) is 13.2 Å². The van der Waals surface area contributed by atoms with E-state index in [2.05, 4.69) is 4.74 Å². The Morgan fingerprint density at radius 1 is 1.39 bits per heavy atom. The number of rotatable bonds is 4. The van der Waals surface area contributed by atoms with Gasteiger partial charge in [0.15, 0.2) is 11.6 Å². The van der Waals surface area contributed by atoms with Gasteiger partial charge in [0.2, 0.25) is 5.75 Å². The summed E-state index contributed by atoms with van der Waals surface area (Å²) in [6, 6.07) is 2.96. The van der Waals surface area contributed by atoms with Gasteiger partial charge in [-0.25, -0.2) is 9.18 Å². The summed E-state index contributed by atoms with van der Waals surface area (Å²) < 4.78 is 28.2. The van der Waals surface area contributed by atoms with Crippen LogP contribution in [0.3, 0.4) is 0 Å². The third-order valence-electron chi connectivity index (χ3n) is 2.37. The summed E-state index contributed by atoms with van der Waals surface area (Å²) in [6.07, 6.45) is -0.952. The van der Waals surface area contributed by atoms with Gasteiger partial charge in [-0.1, -0.05) is 13.8 Å². The predicted molar refractivity (Wildman–Crippen MR) is 64.7 cm³/mol. The molecule has 0 N–H and O–H groups in total. The van der Waals surface area contributed by atoms with Gasteiger partial charge in [-0.2, -0.15) is 0 Å². The number of carbonyl (C=O) groups is 1. The Kier molecular flexibility index (Phi) is 4.95. The van der Waals surface area contributed by atoms with Gasteiger partial charge in [-0.05, 0) is 30.5 Å². The second-order valence-corrected chi connectivity index (χ2v) is 3.97. The highest BCUT2D eigenvalue weighted by Crippen LogP contribution is 2.34. The molecule has 0 atom stereocenters. The predicted octanol–water partition coefficient (Wildman–Crippen LogP) is 3.49. The van der Waals surface area contributed by atoms with Crippen LogP contribution >= 0.6 is 0 Å². The van der Waals surface area contributed by atoms with Crippen LogP contribution in [0, 0.1) is 5.82 Å². The van der Waals surface area contributed by atoms with Crippen LogP contribution in [0.25, 0.3) is 0 Å². The molecular weight excluding hydrogens is 239 g/mol. The number of hydrogen-bond acceptors (Lipinski definition) is 4. The van der Waals surface area contributed by atoms with Crippen LogP contribution in [0.1, 0.15) is 32.3 Å². The Bertz CT molecular complexity index is 429. The lowest BCUT2D eigenvalue weighted by molar-refractivity contribution is 0.101. The lowest BCUT2D eigenvalue weighted by atomic mass is 10.0. The molecule has 4 nitrogen and oxygen atoms in total. The fourth-order valence-corrected chi connectivity index (χ4v) is 1.40. The minimum absolute atomic E-state index is 0.144. The number of benzene rings is 1. The molecule has 100 valence electrons. The van der Waals surface area contributed by atoms with Gasteiger partial charge in [0.05, 0.1) is 13.7 Å². The fraction of sp³-hybridized carbons (Fsp3) is 0.462. The van der Waals surface area contributed by atoms with Gasteiger partial charge >= 0.3 is 6.16 Å². The van der Waals surface area contributed by atoms with Crippen LogP contribution in [-0.4, -0.2) is 19.9 Å². The molecule has 0 heterocycles. The van der Waals surface area contributed by atoms with Gasteiger partial charge in [-0.3, -0.25) is 0 Å². The molecule has 0 radical (unpaired) electrons. The molecule has 0 unspecified atom stereocenters. The van der Waals surface area contributed by atoms with Crippen molar-refractivity contribution in [3.05, 3.63) is 23.5 Å². The van der Waals surface area contributed by atoms with Gasteiger partial charge in [-0.15, -0.1) is 0 Å². The van der Waals surface area contributed by atoms with Crippen molar-refractivity contribution in [3.63, 3.8) is 0 Å². The average Bonchev–Trinajstić information content (AvgIpc) is 2.31. The van der Waals surface area contributed by atoms with E-state index >= 15 is 0 Å². The van der Waals surface area contributed by atoms with Crippen LogP contribution in [0.5, 0.6) is 11.5 Å². The van der Waals surface area contributed by atoms with Crippen LogP contribution < -0.4 is 9.47 Å². The number of methoxy groups -OCH3 is 1. The molecular formula is C13H17FO4. The van der Waals surface area contributed by atoms with E-state index in [9.17, 15) is 9.18 Å². The van der Waals surface area contributed by atoms with E-state index in [1.807, 2.05) is 13.8 Å². The molecule has 0 aliphatic rings. The first kappa shape index (κ1) is 14.3. The van der Waals surface area contributed by atoms with Crippen molar-refractivity contribution in [1.29, 1.82) is 0 Å². The highest BCUT2D eigenvalue weighted by Gasteiger charge is 2.18. The highest BCUT2D eigenvalue weighted by atomic mass is 19.1. The summed E-state index contributed by atoms with van der Waals surface area (Å²) in [4.78, 5) is 11.2. The topological polar surface area (TPSA) is 44.8 Å². The van der Waals surface area contributed by atoms with Crippen molar-refractivity contribution in [2.45, 2.75) is 26.7 Å². The lowest BCUT2D eigenvalue weighted by Crippen LogP contribution is -2.12. The number of ether oxygens (including phenoxy) is 3. The molecule has 0 fully saturated rings. The minimum atomic E-state index is -0.952. The normalized spacial score (nSPS) is 10.3. The van der Waals surface area contributed by atoms with E-state index < -0.39 is 12.0 Å². The van der Waals surface area contributed by atoms with E-state index in [0.717, 1.165) is 5.56 Å². The molecule has 0 saturated carbocycles. The first-order valence-corrected chi connectivity index (χ1v) is 5.71. The molecule has 0 aliphatic carbocycles. The van der Waals surface area contributed by atoms with E-state index in [1.54, 1.807) is 13.0 Å². The Labute approximate surface area is 106 Å². The molecule has 0 amide bonds. The number of carbonyl (C=O) groups excluding carboxylic acids is 1. The fourth-order valence-electron chi connectivity index (χ4n) is 1.40. The maximum absolute atomic E-state index is 13.8. The van der Waals surface area contributed by atoms with Crippen molar-refractivity contribution in [2.75, 3.05) is 13.7 Å². The first-order valence-electron chi connectivity index (χ1n) is 5.71. The SMILES string of the molecule is CCOC(=O)Oc1c(F)cc(C(C)C)cc1OC. The molecule has 1 aromatic rings. The maximum Gasteiger partial charge on any atom is 0.514 e. The van der Waals surface area contributed by atoms with Gasteiger partial charge in [0, 0.05) is 0 Å². The van der Waals surface area contributed by atoms with Crippen molar-refractivity contribution in [3.8, 4) is 11.5 Å². The summed E-state index contributed by atoms with van der Waals surface area (Å²) in [5.41, 5.74) is 0.764. The molecule has 5 heteroatoms. The maximum atomic E-state index is 13.8. The van der Waals surface area contributed by atoms with E-state index in [4.69, 9.17) is 9.47 Å². The zero-order valence-electron chi connectivity index (χ0n) is 11.0. The van der Waals surface area contributed by atoms with Crippen LogP contribution in [0.15, 0.2) is 12.1 Å². The molecule has 18 heavy (non-hydrogen) atoms. The van der Waals surface area contributed by atoms with E-state index in [-0.39, 0.29) is 24.0 Å². The molecule has 0 spiro atoms. The van der Waals surface area contributed by atoms with Crippen molar-refractivity contribution >= 4 is 6.16 Å². The zero-order chi connectivity index (χ0) is 13.7. The number of halogens is 1. The van der Waals surface area contributed by atoms with E-state index in [0.29, 0.717) is 0 Å². The van der Waals surface area contributed by atoms with Crippen molar-refractivity contribution < 1.29 is 23.4 Å². The highest BCUT2D eigenvalue weighted by molar-refractivity contribution is 5.65. The Morgan fingerprint density at radius 2 is 2.06 bits per heavy atom. The lowest BCUT2D eigenvalue weighted by Gasteiger charge is -2.13. The van der Waals surface area contributed by atoms with Gasteiger partial charge in [0.25, 0.3) is 0 Å². The molecule has 1 aromatic carbocycles. The Balaban J connectivity index is 3.07. The van der Waals surface area contributed by atoms with Gasteiger partial charge < -0.3 is 14.2 Å². The minimum Gasteiger partial charge on any atom is -0.493 e. The standard InChI is InChI=1S/C13H17FO4/c1-5-17-13(15)18-12-10(14)6-9(8(2)3)7-11(12)16-4/h6-8H,5H2,1-4H3. The monoisotopic (exact) mass is 256 g/mol. The average molecular weight is 256 g/mol. The van der Waals surface area contributed by atoms with Crippen molar-refractivity contribution in [1.82, 2.24) is 0 Å². The third-order valence-corrected chi connectivity index (χ3v) is 2.37. The van der Waals surface area contributed by atoms with Gasteiger partial charge in [0.1, 0.15) is 0 Å². The second-order valence-electron chi connectivity index (χ2n) is 3.97. The summed E-state index contributed by atoms with van der Waals surface area (Å²) in [7, 11) is 1.39. The summed E-state index contributed by atoms with van der Waals surface area (Å²) in [5.74, 6) is -0.580. The van der Waals surface area contributed by atoms with Crippen molar-refractivity contribution in [2.24, 2.45) is 0 Å². The summed E-state index contributed by atoms with van der Waals surface area (Å²) in [5, 5.41) is 0.